The largest absolute Gasteiger partial charge is 0.488 e. The van der Waals surface area contributed by atoms with Gasteiger partial charge in [0.1, 0.15) is 12.4 Å². The van der Waals surface area contributed by atoms with Crippen molar-refractivity contribution in [3.63, 3.8) is 0 Å². The molecule has 1 heterocycles. The van der Waals surface area contributed by atoms with Crippen molar-refractivity contribution in [1.29, 1.82) is 0 Å². The summed E-state index contributed by atoms with van der Waals surface area (Å²) in [6.07, 6.45) is 0. The molecule has 0 spiro atoms. The average molecular weight is 226 g/mol. The molecule has 1 aliphatic rings. The Labute approximate surface area is 100 Å². The maximum atomic E-state index is 9.23. The summed E-state index contributed by atoms with van der Waals surface area (Å²) < 4.78 is 5.74. The summed E-state index contributed by atoms with van der Waals surface area (Å²) in [6.45, 7) is 2.77. The Morgan fingerprint density at radius 1 is 1.24 bits per heavy atom. The molecule has 2 aromatic carbocycles. The van der Waals surface area contributed by atoms with Crippen molar-refractivity contribution in [3.05, 3.63) is 53.1 Å². The second kappa shape index (κ2) is 3.90. The number of ether oxygens (including phenoxy) is 1. The van der Waals surface area contributed by atoms with E-state index in [1.165, 1.54) is 16.7 Å². The van der Waals surface area contributed by atoms with Crippen LogP contribution < -0.4 is 4.74 Å². The highest BCUT2D eigenvalue weighted by Crippen LogP contribution is 2.39. The van der Waals surface area contributed by atoms with Gasteiger partial charge >= 0.3 is 0 Å². The maximum absolute atomic E-state index is 9.23. The molecule has 0 fully saturated rings. The van der Waals surface area contributed by atoms with Crippen LogP contribution in [0.25, 0.3) is 11.1 Å². The van der Waals surface area contributed by atoms with Crippen LogP contribution in [-0.2, 0) is 13.2 Å². The van der Waals surface area contributed by atoms with Gasteiger partial charge in [0.2, 0.25) is 0 Å². The van der Waals surface area contributed by atoms with E-state index in [1.54, 1.807) is 0 Å². The Morgan fingerprint density at radius 2 is 2.12 bits per heavy atom. The van der Waals surface area contributed by atoms with Crippen molar-refractivity contribution in [3.8, 4) is 16.9 Å². The summed E-state index contributed by atoms with van der Waals surface area (Å²) in [5.74, 6) is 0.938. The predicted octanol–water partition coefficient (Wildman–Crippen LogP) is 3.05. The third-order valence-corrected chi connectivity index (χ3v) is 3.24. The highest BCUT2D eigenvalue weighted by Gasteiger charge is 2.18. The molecule has 0 unspecified atom stereocenters. The number of rotatable bonds is 1. The number of benzene rings is 2. The van der Waals surface area contributed by atoms with Crippen molar-refractivity contribution >= 4 is 0 Å². The third-order valence-electron chi connectivity index (χ3n) is 3.24. The first-order valence-electron chi connectivity index (χ1n) is 5.75. The Morgan fingerprint density at radius 3 is 2.94 bits per heavy atom. The van der Waals surface area contributed by atoms with E-state index in [9.17, 15) is 5.11 Å². The molecule has 3 rings (SSSR count). The molecule has 0 aliphatic carbocycles. The van der Waals surface area contributed by atoms with E-state index in [0.29, 0.717) is 6.61 Å². The first-order valence-corrected chi connectivity index (χ1v) is 5.75. The minimum atomic E-state index is 0.0787. The van der Waals surface area contributed by atoms with E-state index in [1.807, 2.05) is 24.3 Å². The van der Waals surface area contributed by atoms with Crippen LogP contribution in [0.1, 0.15) is 16.7 Å². The molecule has 0 atom stereocenters. The zero-order valence-corrected chi connectivity index (χ0v) is 9.73. The molecule has 86 valence electrons. The van der Waals surface area contributed by atoms with Gasteiger partial charge in [-0.15, -0.1) is 0 Å². The quantitative estimate of drug-likeness (QED) is 0.809. The lowest BCUT2D eigenvalue weighted by atomic mass is 9.92. The Balaban J connectivity index is 2.27. The van der Waals surface area contributed by atoms with E-state index in [-0.39, 0.29) is 6.61 Å². The number of aryl methyl sites for hydroxylation is 1. The number of fused-ring (bicyclic) bond motifs is 3. The fourth-order valence-corrected chi connectivity index (χ4v) is 2.34. The second-order valence-electron chi connectivity index (χ2n) is 4.39. The topological polar surface area (TPSA) is 29.5 Å². The molecule has 0 amide bonds. The zero-order valence-electron chi connectivity index (χ0n) is 9.73. The molecule has 1 N–H and O–H groups in total. The molecule has 2 heteroatoms. The van der Waals surface area contributed by atoms with Gasteiger partial charge in [-0.05, 0) is 41.3 Å². The van der Waals surface area contributed by atoms with Gasteiger partial charge in [-0.2, -0.15) is 0 Å². The average Bonchev–Trinajstić information content (AvgIpc) is 2.38. The fraction of sp³-hybridized carbons (Fsp3) is 0.200. The third kappa shape index (κ3) is 1.61. The van der Waals surface area contributed by atoms with E-state index in [0.717, 1.165) is 16.9 Å². The van der Waals surface area contributed by atoms with E-state index < -0.39 is 0 Å². The molecule has 0 aromatic heterocycles. The molecule has 1 aliphatic heterocycles. The number of aliphatic hydroxyl groups is 1. The molecule has 2 aromatic rings. The van der Waals surface area contributed by atoms with Crippen LogP contribution in [0.3, 0.4) is 0 Å². The van der Waals surface area contributed by atoms with Gasteiger partial charge in [-0.25, -0.2) is 0 Å². The smallest absolute Gasteiger partial charge is 0.127 e. The molecule has 2 nitrogen and oxygen atoms in total. The molecular formula is C15H14O2. The summed E-state index contributed by atoms with van der Waals surface area (Å²) in [6, 6.07) is 12.1. The first-order chi connectivity index (χ1) is 8.29. The summed E-state index contributed by atoms with van der Waals surface area (Å²) in [5.41, 5.74) is 5.68. The zero-order chi connectivity index (χ0) is 11.8. The molecule has 0 bridgehead atoms. The van der Waals surface area contributed by atoms with E-state index in [2.05, 4.69) is 19.1 Å². The van der Waals surface area contributed by atoms with Crippen LogP contribution in [0, 0.1) is 6.92 Å². The van der Waals surface area contributed by atoms with Gasteiger partial charge < -0.3 is 9.84 Å². The Hall–Kier alpha value is -1.80. The highest BCUT2D eigenvalue weighted by atomic mass is 16.5. The molecule has 17 heavy (non-hydrogen) atoms. The molecular weight excluding hydrogens is 212 g/mol. The van der Waals surface area contributed by atoms with Gasteiger partial charge in [0.15, 0.2) is 0 Å². The maximum Gasteiger partial charge on any atom is 0.127 e. The molecule has 0 saturated heterocycles. The van der Waals surface area contributed by atoms with E-state index in [4.69, 9.17) is 4.74 Å². The van der Waals surface area contributed by atoms with Crippen molar-refractivity contribution in [2.45, 2.75) is 20.1 Å². The van der Waals surface area contributed by atoms with Crippen molar-refractivity contribution in [2.75, 3.05) is 0 Å². The molecule has 0 radical (unpaired) electrons. The lowest BCUT2D eigenvalue weighted by molar-refractivity contribution is 0.281. The van der Waals surface area contributed by atoms with Crippen LogP contribution >= 0.6 is 0 Å². The van der Waals surface area contributed by atoms with Crippen LogP contribution in [0.15, 0.2) is 36.4 Å². The van der Waals surface area contributed by atoms with Crippen molar-refractivity contribution < 1.29 is 9.84 Å². The van der Waals surface area contributed by atoms with Gasteiger partial charge in [0.25, 0.3) is 0 Å². The van der Waals surface area contributed by atoms with Gasteiger partial charge in [0.05, 0.1) is 6.61 Å². The monoisotopic (exact) mass is 226 g/mol. The van der Waals surface area contributed by atoms with Crippen molar-refractivity contribution in [2.24, 2.45) is 0 Å². The standard InChI is InChI=1S/C15H14O2/c1-10-3-2-4-14-15(10)13-7-11(8-16)5-6-12(13)9-17-14/h2-7,16H,8-9H2,1H3. The van der Waals surface area contributed by atoms with Gasteiger partial charge in [0, 0.05) is 5.56 Å². The molecule has 0 saturated carbocycles. The van der Waals surface area contributed by atoms with Gasteiger partial charge in [-0.1, -0.05) is 24.3 Å². The van der Waals surface area contributed by atoms with Crippen LogP contribution in [0.2, 0.25) is 0 Å². The number of hydrogen-bond donors (Lipinski definition) is 1. The first kappa shape index (κ1) is 10.4. The van der Waals surface area contributed by atoms with Crippen LogP contribution in [0.4, 0.5) is 0 Å². The van der Waals surface area contributed by atoms with E-state index >= 15 is 0 Å². The lowest BCUT2D eigenvalue weighted by Crippen LogP contribution is -2.07. The highest BCUT2D eigenvalue weighted by molar-refractivity contribution is 5.78. The van der Waals surface area contributed by atoms with Crippen molar-refractivity contribution in [1.82, 2.24) is 0 Å². The second-order valence-corrected chi connectivity index (χ2v) is 4.39. The number of hydrogen-bond acceptors (Lipinski definition) is 2. The normalized spacial score (nSPS) is 12.6. The SMILES string of the molecule is Cc1cccc2c1-c1cc(CO)ccc1CO2. The summed E-state index contributed by atoms with van der Waals surface area (Å²) in [4.78, 5) is 0. The lowest BCUT2D eigenvalue weighted by Gasteiger charge is -2.22. The Bertz CT molecular complexity index is 573. The minimum absolute atomic E-state index is 0.0787. The Kier molecular flexibility index (Phi) is 2.37. The summed E-state index contributed by atoms with van der Waals surface area (Å²) in [5, 5.41) is 9.23. The minimum Gasteiger partial charge on any atom is -0.488 e. The summed E-state index contributed by atoms with van der Waals surface area (Å²) in [7, 11) is 0. The predicted molar refractivity (Wildman–Crippen MR) is 66.9 cm³/mol. The fourth-order valence-electron chi connectivity index (χ4n) is 2.34. The summed E-state index contributed by atoms with van der Waals surface area (Å²) >= 11 is 0. The van der Waals surface area contributed by atoms with Crippen LogP contribution in [-0.4, -0.2) is 5.11 Å². The van der Waals surface area contributed by atoms with Gasteiger partial charge in [-0.3, -0.25) is 0 Å². The van der Waals surface area contributed by atoms with Crippen LogP contribution in [0.5, 0.6) is 5.75 Å². The number of aliphatic hydroxyl groups excluding tert-OH is 1.